The predicted molar refractivity (Wildman–Crippen MR) is 69.5 cm³/mol. The van der Waals surface area contributed by atoms with Crippen molar-refractivity contribution in [1.29, 1.82) is 0 Å². The summed E-state index contributed by atoms with van der Waals surface area (Å²) in [4.78, 5) is 22.6. The molecule has 0 spiro atoms. The molecule has 1 aliphatic rings. The number of nitrogens with one attached hydrogen (secondary N) is 2. The zero-order chi connectivity index (χ0) is 13.6. The van der Waals surface area contributed by atoms with E-state index in [-0.39, 0.29) is 24.0 Å². The van der Waals surface area contributed by atoms with Gasteiger partial charge in [-0.05, 0) is 32.1 Å². The number of hydrogen-bond acceptors (Lipinski definition) is 2. The average molecular weight is 256 g/mol. The van der Waals surface area contributed by atoms with Crippen LogP contribution < -0.4 is 10.6 Å². The maximum absolute atomic E-state index is 11.9. The Morgan fingerprint density at radius 1 is 1.33 bits per heavy atom. The molecule has 1 fully saturated rings. The maximum atomic E-state index is 11.9. The molecule has 0 aromatic rings. The molecular weight excluding hydrogens is 232 g/mol. The van der Waals surface area contributed by atoms with Crippen LogP contribution in [0.4, 0.5) is 4.79 Å². The van der Waals surface area contributed by atoms with Crippen LogP contribution in [0, 0.1) is 0 Å². The van der Waals surface area contributed by atoms with Gasteiger partial charge in [-0.1, -0.05) is 20.3 Å². The molecule has 18 heavy (non-hydrogen) atoms. The Kier molecular flexibility index (Phi) is 5.44. The average Bonchev–Trinajstić information content (AvgIpc) is 2.23. The van der Waals surface area contributed by atoms with Gasteiger partial charge in [-0.3, -0.25) is 4.79 Å². The summed E-state index contributed by atoms with van der Waals surface area (Å²) in [6.45, 7) is 4.05. The fourth-order valence-corrected chi connectivity index (χ4v) is 2.42. The molecule has 3 N–H and O–H groups in total. The first-order valence-corrected chi connectivity index (χ1v) is 6.82. The van der Waals surface area contributed by atoms with E-state index in [0.29, 0.717) is 6.42 Å². The van der Waals surface area contributed by atoms with E-state index in [9.17, 15) is 9.59 Å². The number of rotatable bonds is 7. The highest BCUT2D eigenvalue weighted by Gasteiger charge is 2.36. The molecule has 5 heteroatoms. The molecule has 1 atom stereocenters. The van der Waals surface area contributed by atoms with Gasteiger partial charge >= 0.3 is 12.0 Å². The van der Waals surface area contributed by atoms with Gasteiger partial charge in [0.15, 0.2) is 0 Å². The standard InChI is InChI=1S/C13H24N2O3/c1-3-6-10(9-11(16)17)14-12(18)15-13(4-2)7-5-8-13/h10H,3-9H2,1-2H3,(H,16,17)(H2,14,15,18). The maximum Gasteiger partial charge on any atom is 0.315 e. The smallest absolute Gasteiger partial charge is 0.315 e. The first-order chi connectivity index (χ1) is 8.51. The normalized spacial score (nSPS) is 18.6. The summed E-state index contributed by atoms with van der Waals surface area (Å²) in [5, 5.41) is 14.6. The van der Waals surface area contributed by atoms with Crippen molar-refractivity contribution in [1.82, 2.24) is 10.6 Å². The summed E-state index contributed by atoms with van der Waals surface area (Å²) in [5.41, 5.74) is -0.0515. The van der Waals surface area contributed by atoms with E-state index in [1.54, 1.807) is 0 Å². The van der Waals surface area contributed by atoms with Crippen LogP contribution in [0.15, 0.2) is 0 Å². The molecule has 1 unspecified atom stereocenters. The Balaban J connectivity index is 2.42. The Bertz CT molecular complexity index is 295. The van der Waals surface area contributed by atoms with Crippen LogP contribution in [-0.4, -0.2) is 28.7 Å². The summed E-state index contributed by atoms with van der Waals surface area (Å²) in [6.07, 6.45) is 5.67. The molecule has 5 nitrogen and oxygen atoms in total. The first-order valence-electron chi connectivity index (χ1n) is 6.82. The Hall–Kier alpha value is -1.26. The van der Waals surface area contributed by atoms with Crippen LogP contribution >= 0.6 is 0 Å². The van der Waals surface area contributed by atoms with Crippen LogP contribution in [0.5, 0.6) is 0 Å². The van der Waals surface area contributed by atoms with Crippen molar-refractivity contribution in [3.63, 3.8) is 0 Å². The molecule has 1 aliphatic carbocycles. The molecule has 2 amide bonds. The summed E-state index contributed by atoms with van der Waals surface area (Å²) in [5.74, 6) is -0.873. The fraction of sp³-hybridized carbons (Fsp3) is 0.846. The lowest BCUT2D eigenvalue weighted by atomic mass is 9.75. The summed E-state index contributed by atoms with van der Waals surface area (Å²) < 4.78 is 0. The Morgan fingerprint density at radius 2 is 2.00 bits per heavy atom. The quantitative estimate of drug-likeness (QED) is 0.653. The van der Waals surface area contributed by atoms with Gasteiger partial charge in [0.2, 0.25) is 0 Å². The van der Waals surface area contributed by atoms with E-state index in [4.69, 9.17) is 5.11 Å². The summed E-state index contributed by atoms with van der Waals surface area (Å²) >= 11 is 0. The molecule has 0 bridgehead atoms. The van der Waals surface area contributed by atoms with Crippen molar-refractivity contribution in [3.8, 4) is 0 Å². The lowest BCUT2D eigenvalue weighted by molar-refractivity contribution is -0.137. The monoisotopic (exact) mass is 256 g/mol. The van der Waals surface area contributed by atoms with Crippen LogP contribution in [0.1, 0.15) is 58.8 Å². The van der Waals surface area contributed by atoms with Gasteiger partial charge in [-0.2, -0.15) is 0 Å². The fourth-order valence-electron chi connectivity index (χ4n) is 2.42. The molecule has 0 heterocycles. The van der Waals surface area contributed by atoms with E-state index in [0.717, 1.165) is 32.1 Å². The molecule has 1 saturated carbocycles. The number of hydrogen-bond donors (Lipinski definition) is 3. The van der Waals surface area contributed by atoms with Crippen LogP contribution in [0.3, 0.4) is 0 Å². The molecule has 0 aromatic carbocycles. The van der Waals surface area contributed by atoms with Crippen LogP contribution in [0.2, 0.25) is 0 Å². The van der Waals surface area contributed by atoms with E-state index in [2.05, 4.69) is 17.6 Å². The topological polar surface area (TPSA) is 78.4 Å². The van der Waals surface area contributed by atoms with Gasteiger partial charge in [-0.25, -0.2) is 4.79 Å². The van der Waals surface area contributed by atoms with Gasteiger partial charge in [0.05, 0.1) is 6.42 Å². The van der Waals surface area contributed by atoms with E-state index in [1.165, 1.54) is 0 Å². The number of carbonyl (C=O) groups is 2. The van der Waals surface area contributed by atoms with Gasteiger partial charge in [0, 0.05) is 11.6 Å². The highest BCUT2D eigenvalue weighted by Crippen LogP contribution is 2.34. The Labute approximate surface area is 108 Å². The zero-order valence-corrected chi connectivity index (χ0v) is 11.3. The number of aliphatic carboxylic acids is 1. The summed E-state index contributed by atoms with van der Waals surface area (Å²) in [7, 11) is 0. The van der Waals surface area contributed by atoms with Crippen molar-refractivity contribution in [2.75, 3.05) is 0 Å². The third-order valence-electron chi connectivity index (χ3n) is 3.76. The molecule has 0 radical (unpaired) electrons. The van der Waals surface area contributed by atoms with E-state index in [1.807, 2.05) is 6.92 Å². The minimum Gasteiger partial charge on any atom is -0.481 e. The van der Waals surface area contributed by atoms with Gasteiger partial charge in [0.25, 0.3) is 0 Å². The lowest BCUT2D eigenvalue weighted by Gasteiger charge is -2.42. The number of amides is 2. The SMILES string of the molecule is CCCC(CC(=O)O)NC(=O)NC1(CC)CCC1. The number of carboxylic acid groups (broad SMARTS) is 1. The van der Waals surface area contributed by atoms with Crippen molar-refractivity contribution in [2.45, 2.75) is 70.4 Å². The number of carbonyl (C=O) groups excluding carboxylic acids is 1. The van der Waals surface area contributed by atoms with E-state index >= 15 is 0 Å². The molecular formula is C13H24N2O3. The van der Waals surface area contributed by atoms with Crippen molar-refractivity contribution >= 4 is 12.0 Å². The molecule has 0 aliphatic heterocycles. The first kappa shape index (κ1) is 14.8. The zero-order valence-electron chi connectivity index (χ0n) is 11.3. The largest absolute Gasteiger partial charge is 0.481 e. The van der Waals surface area contributed by atoms with Gasteiger partial charge in [-0.15, -0.1) is 0 Å². The minimum atomic E-state index is -0.873. The molecule has 104 valence electrons. The van der Waals surface area contributed by atoms with Crippen molar-refractivity contribution < 1.29 is 14.7 Å². The number of urea groups is 1. The van der Waals surface area contributed by atoms with E-state index < -0.39 is 5.97 Å². The third-order valence-corrected chi connectivity index (χ3v) is 3.76. The second-order valence-corrected chi connectivity index (χ2v) is 5.17. The highest BCUT2D eigenvalue weighted by atomic mass is 16.4. The van der Waals surface area contributed by atoms with Crippen LogP contribution in [0.25, 0.3) is 0 Å². The lowest BCUT2D eigenvalue weighted by Crippen LogP contribution is -2.57. The van der Waals surface area contributed by atoms with Crippen molar-refractivity contribution in [3.05, 3.63) is 0 Å². The molecule has 0 aromatic heterocycles. The second-order valence-electron chi connectivity index (χ2n) is 5.17. The van der Waals surface area contributed by atoms with Gasteiger partial charge < -0.3 is 15.7 Å². The molecule has 1 rings (SSSR count). The van der Waals surface area contributed by atoms with Crippen molar-refractivity contribution in [2.24, 2.45) is 0 Å². The summed E-state index contributed by atoms with van der Waals surface area (Å²) in [6, 6.07) is -0.502. The molecule has 0 saturated heterocycles. The van der Waals surface area contributed by atoms with Crippen LogP contribution in [-0.2, 0) is 4.79 Å². The highest BCUT2D eigenvalue weighted by molar-refractivity contribution is 5.76. The predicted octanol–water partition coefficient (Wildman–Crippen LogP) is 2.26. The second kappa shape index (κ2) is 6.61. The Morgan fingerprint density at radius 3 is 2.39 bits per heavy atom. The number of carboxylic acids is 1. The minimum absolute atomic E-state index is 0.0135. The third kappa shape index (κ3) is 4.20. The van der Waals surface area contributed by atoms with Gasteiger partial charge in [0.1, 0.15) is 0 Å².